The average molecular weight is 355 g/mol. The van der Waals surface area contributed by atoms with E-state index in [1.54, 1.807) is 12.3 Å². The lowest BCUT2D eigenvalue weighted by molar-refractivity contribution is 0.0760. The minimum absolute atomic E-state index is 0.0331. The lowest BCUT2D eigenvalue weighted by Crippen LogP contribution is -2.35. The predicted octanol–water partition coefficient (Wildman–Crippen LogP) is 2.95. The summed E-state index contributed by atoms with van der Waals surface area (Å²) in [6, 6.07) is 11.6. The van der Waals surface area contributed by atoms with Gasteiger partial charge in [-0.05, 0) is 24.1 Å². The highest BCUT2D eigenvalue weighted by atomic mass is 35.5. The second kappa shape index (κ2) is 8.11. The SMILES string of the molecule is N#Cc1ccccc1CN1CCCN(C(=O)c2cncc(Cl)c2)CC1. The summed E-state index contributed by atoms with van der Waals surface area (Å²) >= 11 is 5.93. The molecule has 0 spiro atoms. The van der Waals surface area contributed by atoms with Crippen molar-refractivity contribution in [2.75, 3.05) is 26.2 Å². The van der Waals surface area contributed by atoms with Gasteiger partial charge >= 0.3 is 0 Å². The zero-order valence-corrected chi connectivity index (χ0v) is 14.6. The van der Waals surface area contributed by atoms with Crippen LogP contribution in [-0.2, 0) is 6.54 Å². The molecule has 128 valence electrons. The number of carbonyl (C=O) groups is 1. The third-order valence-electron chi connectivity index (χ3n) is 4.36. The zero-order chi connectivity index (χ0) is 17.6. The summed E-state index contributed by atoms with van der Waals surface area (Å²) in [6.45, 7) is 3.77. The van der Waals surface area contributed by atoms with Crippen molar-refractivity contribution < 1.29 is 4.79 Å². The molecule has 1 fully saturated rings. The molecule has 0 saturated carbocycles. The molecule has 2 aromatic rings. The number of hydrogen-bond donors (Lipinski definition) is 0. The summed E-state index contributed by atoms with van der Waals surface area (Å²) in [5.41, 5.74) is 2.27. The van der Waals surface area contributed by atoms with Crippen LogP contribution in [0.5, 0.6) is 0 Å². The Morgan fingerprint density at radius 2 is 2.04 bits per heavy atom. The van der Waals surface area contributed by atoms with E-state index in [4.69, 9.17) is 11.6 Å². The van der Waals surface area contributed by atoms with Crippen molar-refractivity contribution >= 4 is 17.5 Å². The molecule has 1 aliphatic rings. The van der Waals surface area contributed by atoms with Crippen molar-refractivity contribution in [3.8, 4) is 6.07 Å². The summed E-state index contributed by atoms with van der Waals surface area (Å²) in [5.74, 6) is -0.0331. The van der Waals surface area contributed by atoms with Crippen LogP contribution in [0.3, 0.4) is 0 Å². The van der Waals surface area contributed by atoms with Crippen molar-refractivity contribution in [2.45, 2.75) is 13.0 Å². The smallest absolute Gasteiger partial charge is 0.255 e. The summed E-state index contributed by atoms with van der Waals surface area (Å²) in [7, 11) is 0. The van der Waals surface area contributed by atoms with Crippen LogP contribution in [0.25, 0.3) is 0 Å². The van der Waals surface area contributed by atoms with Gasteiger partial charge in [0.25, 0.3) is 5.91 Å². The van der Waals surface area contributed by atoms with E-state index in [1.165, 1.54) is 6.20 Å². The molecule has 25 heavy (non-hydrogen) atoms. The molecule has 0 atom stereocenters. The van der Waals surface area contributed by atoms with Crippen LogP contribution in [0, 0.1) is 11.3 Å². The van der Waals surface area contributed by atoms with E-state index in [0.717, 1.165) is 31.6 Å². The fourth-order valence-electron chi connectivity index (χ4n) is 3.05. The molecule has 3 rings (SSSR count). The average Bonchev–Trinajstić information content (AvgIpc) is 2.87. The minimum atomic E-state index is -0.0331. The predicted molar refractivity (Wildman–Crippen MR) is 96.2 cm³/mol. The van der Waals surface area contributed by atoms with Crippen molar-refractivity contribution in [1.82, 2.24) is 14.8 Å². The Labute approximate surface area is 152 Å². The Kier molecular flexibility index (Phi) is 5.64. The number of amides is 1. The summed E-state index contributed by atoms with van der Waals surface area (Å²) in [4.78, 5) is 20.8. The largest absolute Gasteiger partial charge is 0.337 e. The van der Waals surface area contributed by atoms with Crippen LogP contribution >= 0.6 is 11.6 Å². The first-order valence-electron chi connectivity index (χ1n) is 8.27. The normalized spacial score (nSPS) is 15.4. The van der Waals surface area contributed by atoms with Gasteiger partial charge in [-0.2, -0.15) is 5.26 Å². The zero-order valence-electron chi connectivity index (χ0n) is 13.9. The number of pyridine rings is 1. The quantitative estimate of drug-likeness (QED) is 0.850. The Morgan fingerprint density at radius 1 is 1.20 bits per heavy atom. The van der Waals surface area contributed by atoms with Crippen LogP contribution < -0.4 is 0 Å². The van der Waals surface area contributed by atoms with Gasteiger partial charge in [0.15, 0.2) is 0 Å². The van der Waals surface area contributed by atoms with Gasteiger partial charge in [0.1, 0.15) is 0 Å². The van der Waals surface area contributed by atoms with Gasteiger partial charge in [0, 0.05) is 45.1 Å². The van der Waals surface area contributed by atoms with Crippen molar-refractivity contribution in [3.63, 3.8) is 0 Å². The fraction of sp³-hybridized carbons (Fsp3) is 0.316. The molecule has 0 N–H and O–H groups in total. The van der Waals surface area contributed by atoms with Gasteiger partial charge in [0.05, 0.1) is 22.2 Å². The first-order chi connectivity index (χ1) is 12.2. The number of aromatic nitrogens is 1. The third kappa shape index (κ3) is 4.36. The number of hydrogen-bond acceptors (Lipinski definition) is 4. The maximum absolute atomic E-state index is 12.6. The van der Waals surface area contributed by atoms with Crippen LogP contribution in [0.4, 0.5) is 0 Å². The van der Waals surface area contributed by atoms with Gasteiger partial charge in [-0.3, -0.25) is 14.7 Å². The van der Waals surface area contributed by atoms with E-state index in [0.29, 0.717) is 29.2 Å². The molecule has 1 aromatic carbocycles. The maximum Gasteiger partial charge on any atom is 0.255 e. The topological polar surface area (TPSA) is 60.2 Å². The molecular formula is C19H19ClN4O. The molecule has 0 unspecified atom stereocenters. The van der Waals surface area contributed by atoms with Gasteiger partial charge < -0.3 is 4.90 Å². The second-order valence-electron chi connectivity index (χ2n) is 6.08. The number of rotatable bonds is 3. The van der Waals surface area contributed by atoms with Crippen molar-refractivity contribution in [1.29, 1.82) is 5.26 Å². The molecule has 1 saturated heterocycles. The van der Waals surface area contributed by atoms with E-state index < -0.39 is 0 Å². The number of halogens is 1. The monoisotopic (exact) mass is 354 g/mol. The fourth-order valence-corrected chi connectivity index (χ4v) is 3.23. The summed E-state index contributed by atoms with van der Waals surface area (Å²) in [6.07, 6.45) is 3.98. The Hall–Kier alpha value is -2.42. The van der Waals surface area contributed by atoms with Crippen molar-refractivity contribution in [2.24, 2.45) is 0 Å². The van der Waals surface area contributed by atoms with Crippen LogP contribution in [0.15, 0.2) is 42.7 Å². The van der Waals surface area contributed by atoms with Gasteiger partial charge in [-0.1, -0.05) is 29.8 Å². The van der Waals surface area contributed by atoms with E-state index in [-0.39, 0.29) is 5.91 Å². The molecule has 1 aliphatic heterocycles. The lowest BCUT2D eigenvalue weighted by atomic mass is 10.1. The molecule has 2 heterocycles. The maximum atomic E-state index is 12.6. The van der Waals surface area contributed by atoms with E-state index in [2.05, 4.69) is 16.0 Å². The van der Waals surface area contributed by atoms with Gasteiger partial charge in [-0.15, -0.1) is 0 Å². The minimum Gasteiger partial charge on any atom is -0.337 e. The van der Waals surface area contributed by atoms with Crippen LogP contribution in [-0.4, -0.2) is 46.9 Å². The molecule has 0 radical (unpaired) electrons. The molecule has 0 aliphatic carbocycles. The van der Waals surface area contributed by atoms with Crippen molar-refractivity contribution in [3.05, 3.63) is 64.4 Å². The van der Waals surface area contributed by atoms with E-state index >= 15 is 0 Å². The Morgan fingerprint density at radius 3 is 2.84 bits per heavy atom. The van der Waals surface area contributed by atoms with Gasteiger partial charge in [-0.25, -0.2) is 0 Å². The standard InChI is InChI=1S/C19H19ClN4O/c20-18-10-17(12-22-13-18)19(25)24-7-3-6-23(8-9-24)14-16-5-2-1-4-15(16)11-21/h1-2,4-5,10,12-13H,3,6-9,14H2. The van der Waals surface area contributed by atoms with E-state index in [9.17, 15) is 10.1 Å². The Balaban J connectivity index is 1.64. The number of nitriles is 1. The Bertz CT molecular complexity index is 802. The first kappa shape index (κ1) is 17.4. The van der Waals surface area contributed by atoms with Crippen LogP contribution in [0.2, 0.25) is 5.02 Å². The molecule has 5 nitrogen and oxygen atoms in total. The third-order valence-corrected chi connectivity index (χ3v) is 4.57. The molecule has 6 heteroatoms. The molecule has 0 bridgehead atoms. The highest BCUT2D eigenvalue weighted by Crippen LogP contribution is 2.15. The van der Waals surface area contributed by atoms with Crippen LogP contribution in [0.1, 0.15) is 27.9 Å². The van der Waals surface area contributed by atoms with Gasteiger partial charge in [0.2, 0.25) is 0 Å². The first-order valence-corrected chi connectivity index (χ1v) is 8.65. The summed E-state index contributed by atoms with van der Waals surface area (Å²) in [5, 5.41) is 9.70. The summed E-state index contributed by atoms with van der Waals surface area (Å²) < 4.78 is 0. The number of carbonyl (C=O) groups excluding carboxylic acids is 1. The molecule has 1 aromatic heterocycles. The lowest BCUT2D eigenvalue weighted by Gasteiger charge is -2.22. The van der Waals surface area contributed by atoms with E-state index in [1.807, 2.05) is 29.2 Å². The number of nitrogens with zero attached hydrogens (tertiary/aromatic N) is 4. The highest BCUT2D eigenvalue weighted by Gasteiger charge is 2.21. The molecule has 1 amide bonds. The number of benzene rings is 1. The molecular weight excluding hydrogens is 336 g/mol. The highest BCUT2D eigenvalue weighted by molar-refractivity contribution is 6.30. The second-order valence-corrected chi connectivity index (χ2v) is 6.52.